The van der Waals surface area contributed by atoms with Gasteiger partial charge in [0.05, 0.1) is 36.4 Å². The van der Waals surface area contributed by atoms with Gasteiger partial charge in [-0.2, -0.15) is 0 Å². The molecule has 3 aromatic rings. The van der Waals surface area contributed by atoms with Crippen molar-refractivity contribution in [1.82, 2.24) is 29.4 Å². The van der Waals surface area contributed by atoms with Crippen LogP contribution in [0.1, 0.15) is 65.2 Å². The third-order valence-electron chi connectivity index (χ3n) is 5.37. The molecule has 0 aromatic carbocycles. The van der Waals surface area contributed by atoms with Gasteiger partial charge in [-0.05, 0) is 25.5 Å². The van der Waals surface area contributed by atoms with E-state index in [-0.39, 0.29) is 29.0 Å². The fourth-order valence-corrected chi connectivity index (χ4v) is 3.54. The Labute approximate surface area is 181 Å². The molecule has 8 nitrogen and oxygen atoms in total. The minimum atomic E-state index is -0.329. The molecule has 1 aliphatic heterocycles. The van der Waals surface area contributed by atoms with Crippen LogP contribution < -0.4 is 5.56 Å². The quantitative estimate of drug-likeness (QED) is 0.649. The number of hydrogen-bond donors (Lipinski definition) is 0. The van der Waals surface area contributed by atoms with Crippen molar-refractivity contribution >= 4 is 5.91 Å². The van der Waals surface area contributed by atoms with E-state index in [4.69, 9.17) is 0 Å². The molecule has 1 amide bonds. The van der Waals surface area contributed by atoms with Crippen molar-refractivity contribution in [3.8, 4) is 0 Å². The zero-order valence-electron chi connectivity index (χ0n) is 18.5. The molecule has 0 radical (unpaired) electrons. The van der Waals surface area contributed by atoms with E-state index in [1.54, 1.807) is 42.7 Å². The van der Waals surface area contributed by atoms with Crippen molar-refractivity contribution in [3.05, 3.63) is 80.8 Å². The first-order valence-corrected chi connectivity index (χ1v) is 10.3. The van der Waals surface area contributed by atoms with Crippen LogP contribution in [0.2, 0.25) is 0 Å². The molecule has 0 N–H and O–H groups in total. The molecule has 0 saturated heterocycles. The zero-order chi connectivity index (χ0) is 22.3. The third-order valence-corrected chi connectivity index (χ3v) is 5.37. The summed E-state index contributed by atoms with van der Waals surface area (Å²) < 4.78 is 1.50. The van der Waals surface area contributed by atoms with Crippen molar-refractivity contribution in [3.63, 3.8) is 0 Å². The van der Waals surface area contributed by atoms with Crippen molar-refractivity contribution in [2.45, 2.75) is 59.7 Å². The third kappa shape index (κ3) is 4.10. The van der Waals surface area contributed by atoms with Crippen LogP contribution in [0.25, 0.3) is 0 Å². The Morgan fingerprint density at radius 3 is 2.52 bits per heavy atom. The SMILES string of the molecule is Cc1cnc(Cn2ccc(C)c(C(=O)N3Cc4cnc(C(C)(C)C)nc4C3)c2=O)cn1. The van der Waals surface area contributed by atoms with Gasteiger partial charge in [0.15, 0.2) is 0 Å². The lowest BCUT2D eigenvalue weighted by Crippen LogP contribution is -2.35. The summed E-state index contributed by atoms with van der Waals surface area (Å²) in [5, 5.41) is 0. The summed E-state index contributed by atoms with van der Waals surface area (Å²) in [7, 11) is 0. The van der Waals surface area contributed by atoms with E-state index in [2.05, 4.69) is 40.7 Å². The van der Waals surface area contributed by atoms with Crippen molar-refractivity contribution < 1.29 is 4.79 Å². The molecule has 31 heavy (non-hydrogen) atoms. The molecule has 3 aromatic heterocycles. The van der Waals surface area contributed by atoms with Crippen molar-refractivity contribution in [2.24, 2.45) is 0 Å². The van der Waals surface area contributed by atoms with Gasteiger partial charge in [-0.1, -0.05) is 20.8 Å². The standard InChI is InChI=1S/C23H26N6O2/c1-14-6-7-28(12-17-10-24-15(2)8-25-17)20(30)19(14)21(31)29-11-16-9-26-22(23(3,4)5)27-18(16)13-29/h6-10H,11-13H2,1-5H3. The van der Waals surface area contributed by atoms with Crippen LogP contribution >= 0.6 is 0 Å². The highest BCUT2D eigenvalue weighted by molar-refractivity contribution is 5.95. The summed E-state index contributed by atoms with van der Waals surface area (Å²) in [6, 6.07) is 1.79. The number of fused-ring (bicyclic) bond motifs is 1. The average molecular weight is 419 g/mol. The number of carbonyl (C=O) groups excluding carboxylic acids is 1. The fraction of sp³-hybridized carbons (Fsp3) is 0.391. The number of nitrogens with zero attached hydrogens (tertiary/aromatic N) is 6. The Balaban J connectivity index is 1.61. The number of carbonyl (C=O) groups is 1. The van der Waals surface area contributed by atoms with Gasteiger partial charge in [-0.15, -0.1) is 0 Å². The maximum Gasteiger partial charge on any atom is 0.264 e. The van der Waals surface area contributed by atoms with E-state index in [0.29, 0.717) is 24.3 Å². The van der Waals surface area contributed by atoms with Crippen molar-refractivity contribution in [2.75, 3.05) is 0 Å². The first kappa shape index (κ1) is 20.8. The predicted molar refractivity (Wildman–Crippen MR) is 116 cm³/mol. The second-order valence-electron chi connectivity index (χ2n) is 9.03. The number of amides is 1. The Bertz CT molecular complexity index is 1210. The molecule has 0 aliphatic carbocycles. The molecule has 0 spiro atoms. The van der Waals surface area contributed by atoms with Gasteiger partial charge in [-0.3, -0.25) is 19.6 Å². The highest BCUT2D eigenvalue weighted by Gasteiger charge is 2.30. The van der Waals surface area contributed by atoms with Gasteiger partial charge in [0.25, 0.3) is 11.5 Å². The zero-order valence-corrected chi connectivity index (χ0v) is 18.5. The molecule has 1 aliphatic rings. The first-order valence-electron chi connectivity index (χ1n) is 10.3. The van der Waals surface area contributed by atoms with E-state index < -0.39 is 0 Å². The maximum absolute atomic E-state index is 13.3. The molecule has 0 bridgehead atoms. The summed E-state index contributed by atoms with van der Waals surface area (Å²) >= 11 is 0. The molecule has 0 saturated carbocycles. The molecule has 0 unspecified atom stereocenters. The fourth-order valence-electron chi connectivity index (χ4n) is 3.54. The Kier molecular flexibility index (Phi) is 5.16. The highest BCUT2D eigenvalue weighted by Crippen LogP contribution is 2.25. The first-order chi connectivity index (χ1) is 14.6. The van der Waals surface area contributed by atoms with Gasteiger partial charge in [0.2, 0.25) is 0 Å². The van der Waals surface area contributed by atoms with Crippen LogP contribution in [0.15, 0.2) is 35.6 Å². The Hall–Kier alpha value is -3.42. The summed E-state index contributed by atoms with van der Waals surface area (Å²) in [4.78, 5) is 45.8. The number of aromatic nitrogens is 5. The lowest BCUT2D eigenvalue weighted by Gasteiger charge is -2.17. The number of pyridine rings is 1. The van der Waals surface area contributed by atoms with E-state index in [0.717, 1.165) is 22.8 Å². The van der Waals surface area contributed by atoms with Gasteiger partial charge in [0, 0.05) is 36.1 Å². The topological polar surface area (TPSA) is 93.9 Å². The van der Waals surface area contributed by atoms with Gasteiger partial charge in [-0.25, -0.2) is 9.97 Å². The number of aryl methyl sites for hydroxylation is 2. The van der Waals surface area contributed by atoms with E-state index >= 15 is 0 Å². The second kappa shape index (κ2) is 7.68. The summed E-state index contributed by atoms with van der Waals surface area (Å²) in [6.45, 7) is 10.8. The number of rotatable bonds is 3. The molecule has 160 valence electrons. The average Bonchev–Trinajstić information content (AvgIpc) is 3.14. The van der Waals surface area contributed by atoms with Crippen LogP contribution in [0.4, 0.5) is 0 Å². The van der Waals surface area contributed by atoms with Crippen molar-refractivity contribution in [1.29, 1.82) is 0 Å². The molecule has 0 atom stereocenters. The predicted octanol–water partition coefficient (Wildman–Crippen LogP) is 2.55. The maximum atomic E-state index is 13.3. The monoisotopic (exact) mass is 418 g/mol. The van der Waals surface area contributed by atoms with E-state index in [1.807, 2.05) is 6.92 Å². The van der Waals surface area contributed by atoms with Crippen LogP contribution in [-0.4, -0.2) is 35.3 Å². The second-order valence-corrected chi connectivity index (χ2v) is 9.03. The van der Waals surface area contributed by atoms with Crippen LogP contribution in [0.5, 0.6) is 0 Å². The largest absolute Gasteiger partial charge is 0.328 e. The van der Waals surface area contributed by atoms with Gasteiger partial charge < -0.3 is 9.47 Å². The molecule has 4 rings (SSSR count). The summed E-state index contributed by atoms with van der Waals surface area (Å²) in [6.07, 6.45) is 6.79. The molecular weight excluding hydrogens is 392 g/mol. The van der Waals surface area contributed by atoms with Crippen LogP contribution in [0, 0.1) is 13.8 Å². The lowest BCUT2D eigenvalue weighted by molar-refractivity contribution is 0.0747. The smallest absolute Gasteiger partial charge is 0.264 e. The number of hydrogen-bond acceptors (Lipinski definition) is 6. The molecule has 0 fully saturated rings. The molecule has 4 heterocycles. The van der Waals surface area contributed by atoms with E-state index in [9.17, 15) is 9.59 Å². The lowest BCUT2D eigenvalue weighted by atomic mass is 9.95. The summed E-state index contributed by atoms with van der Waals surface area (Å²) in [5.41, 5.74) is 3.57. The highest BCUT2D eigenvalue weighted by atomic mass is 16.2. The molecule has 8 heteroatoms. The Morgan fingerprint density at radius 2 is 1.84 bits per heavy atom. The van der Waals surface area contributed by atoms with Gasteiger partial charge >= 0.3 is 0 Å². The van der Waals surface area contributed by atoms with Crippen LogP contribution in [0.3, 0.4) is 0 Å². The Morgan fingerprint density at radius 1 is 1.06 bits per heavy atom. The van der Waals surface area contributed by atoms with E-state index in [1.165, 1.54) is 4.57 Å². The molecular formula is C23H26N6O2. The minimum absolute atomic E-state index is 0.172. The normalized spacial score (nSPS) is 13.4. The van der Waals surface area contributed by atoms with Gasteiger partial charge in [0.1, 0.15) is 11.4 Å². The van der Waals surface area contributed by atoms with Crippen LogP contribution in [-0.2, 0) is 25.0 Å². The minimum Gasteiger partial charge on any atom is -0.328 e. The summed E-state index contributed by atoms with van der Waals surface area (Å²) in [5.74, 6) is 0.458.